The number of ether oxygens (including phenoxy) is 5. The van der Waals surface area contributed by atoms with E-state index in [1.54, 1.807) is 6.92 Å². The number of hydrogen-bond donors (Lipinski definition) is 1. The number of aromatic nitrogens is 2. The zero-order valence-corrected chi connectivity index (χ0v) is 17.5. The van der Waals surface area contributed by atoms with Crippen LogP contribution in [-0.2, 0) is 25.4 Å². The van der Waals surface area contributed by atoms with Crippen LogP contribution in [-0.4, -0.2) is 66.0 Å². The Morgan fingerprint density at radius 3 is 2.69 bits per heavy atom. The fourth-order valence-corrected chi connectivity index (χ4v) is 3.89. The Morgan fingerprint density at radius 2 is 2.00 bits per heavy atom. The summed E-state index contributed by atoms with van der Waals surface area (Å²) in [5, 5.41) is 14.9. The average Bonchev–Trinajstić information content (AvgIpc) is 3.02. The maximum Gasteiger partial charge on any atom is 0.508 e. The van der Waals surface area contributed by atoms with Gasteiger partial charge in [-0.1, -0.05) is 6.92 Å². The molecule has 3 heterocycles. The van der Waals surface area contributed by atoms with Gasteiger partial charge < -0.3 is 28.8 Å². The van der Waals surface area contributed by atoms with Crippen LogP contribution in [0.3, 0.4) is 0 Å². The second-order valence-electron chi connectivity index (χ2n) is 7.44. The number of carbonyl (C=O) groups is 1. The summed E-state index contributed by atoms with van der Waals surface area (Å²) in [5.41, 5.74) is 2.13. The van der Waals surface area contributed by atoms with Crippen LogP contribution < -0.4 is 4.74 Å². The molecule has 3 unspecified atom stereocenters. The topological polar surface area (TPSA) is 101 Å². The minimum atomic E-state index is -0.743. The number of aliphatic hydroxyl groups is 1. The first-order chi connectivity index (χ1) is 14.0. The third-order valence-electron chi connectivity index (χ3n) is 5.36. The van der Waals surface area contributed by atoms with Gasteiger partial charge in [0.2, 0.25) is 12.2 Å². The van der Waals surface area contributed by atoms with Gasteiger partial charge in [0.05, 0.1) is 24.9 Å². The van der Waals surface area contributed by atoms with Crippen LogP contribution in [0.4, 0.5) is 4.79 Å². The van der Waals surface area contributed by atoms with Crippen molar-refractivity contribution in [3.05, 3.63) is 11.3 Å². The van der Waals surface area contributed by atoms with Crippen LogP contribution in [0.25, 0.3) is 0 Å². The Kier molecular flexibility index (Phi) is 7.74. The molecular formula is C20H32N2O7. The lowest BCUT2D eigenvalue weighted by atomic mass is 10.1. The number of nitrogens with zero attached hydrogens (tertiary/aromatic N) is 2. The van der Waals surface area contributed by atoms with Gasteiger partial charge in [-0.2, -0.15) is 0 Å². The molecular weight excluding hydrogens is 380 g/mol. The predicted octanol–water partition coefficient (Wildman–Crippen LogP) is 2.52. The smallest absolute Gasteiger partial charge is 0.446 e. The molecule has 1 aromatic rings. The normalized spacial score (nSPS) is 25.6. The Balaban J connectivity index is 1.65. The fourth-order valence-electron chi connectivity index (χ4n) is 3.89. The molecule has 1 aromatic heterocycles. The summed E-state index contributed by atoms with van der Waals surface area (Å²) in [7, 11) is 0. The molecule has 2 aliphatic rings. The predicted molar refractivity (Wildman–Crippen MR) is 103 cm³/mol. The average molecular weight is 412 g/mol. The van der Waals surface area contributed by atoms with Gasteiger partial charge in [0.25, 0.3) is 0 Å². The molecule has 9 nitrogen and oxygen atoms in total. The molecule has 0 bridgehead atoms. The molecule has 2 aliphatic heterocycles. The number of aliphatic hydroxyl groups excluding tert-OH is 1. The Morgan fingerprint density at radius 1 is 1.24 bits per heavy atom. The van der Waals surface area contributed by atoms with Crippen LogP contribution in [0.2, 0.25) is 0 Å². The lowest BCUT2D eigenvalue weighted by molar-refractivity contribution is -0.187. The number of hydrogen-bond acceptors (Lipinski definition) is 8. The van der Waals surface area contributed by atoms with Gasteiger partial charge in [0.1, 0.15) is 6.61 Å². The lowest BCUT2D eigenvalue weighted by Gasteiger charge is -2.32. The van der Waals surface area contributed by atoms with Crippen LogP contribution in [0.5, 0.6) is 5.88 Å². The molecule has 3 rings (SSSR count). The van der Waals surface area contributed by atoms with Gasteiger partial charge in [0, 0.05) is 37.3 Å². The van der Waals surface area contributed by atoms with Crippen molar-refractivity contribution in [1.82, 2.24) is 9.78 Å². The van der Waals surface area contributed by atoms with Gasteiger partial charge in [-0.25, -0.2) is 4.79 Å². The SMILES string of the molecule is CCOC(=O)OCC1CC(O)CC(Oc2nn(C3CCOCC3)c(C)c2CC)O1. The third kappa shape index (κ3) is 5.61. The standard InChI is InChI=1S/C20H32N2O7/c1-4-17-13(3)22(14-6-8-25-9-7-14)21-19(17)29-18-11-15(23)10-16(28-18)12-27-20(24)26-5-2/h14-16,18,23H,4-12H2,1-3H3. The summed E-state index contributed by atoms with van der Waals surface area (Å²) in [6, 6.07) is 0.301. The van der Waals surface area contributed by atoms with Crippen molar-refractivity contribution in [2.45, 2.75) is 77.4 Å². The van der Waals surface area contributed by atoms with Crippen molar-refractivity contribution in [1.29, 1.82) is 0 Å². The first-order valence-electron chi connectivity index (χ1n) is 10.5. The van der Waals surface area contributed by atoms with E-state index in [9.17, 15) is 9.90 Å². The highest BCUT2D eigenvalue weighted by atomic mass is 16.7. The quantitative estimate of drug-likeness (QED) is 0.682. The minimum Gasteiger partial charge on any atom is -0.446 e. The molecule has 1 N–H and O–H groups in total. The highest BCUT2D eigenvalue weighted by Crippen LogP contribution is 2.31. The number of rotatable bonds is 7. The van der Waals surface area contributed by atoms with Crippen molar-refractivity contribution < 1.29 is 33.6 Å². The Bertz CT molecular complexity index is 672. The number of carbonyl (C=O) groups excluding carboxylic acids is 1. The summed E-state index contributed by atoms with van der Waals surface area (Å²) >= 11 is 0. The maximum absolute atomic E-state index is 11.4. The molecule has 9 heteroatoms. The molecule has 164 valence electrons. The van der Waals surface area contributed by atoms with E-state index < -0.39 is 24.7 Å². The van der Waals surface area contributed by atoms with Gasteiger partial charge >= 0.3 is 6.16 Å². The lowest BCUT2D eigenvalue weighted by Crippen LogP contribution is -2.41. The Hall–Kier alpha value is -1.84. The zero-order valence-electron chi connectivity index (χ0n) is 17.5. The van der Waals surface area contributed by atoms with E-state index in [2.05, 4.69) is 13.8 Å². The Labute approximate surface area is 171 Å². The van der Waals surface area contributed by atoms with E-state index >= 15 is 0 Å². The first kappa shape index (κ1) is 21.9. The monoisotopic (exact) mass is 412 g/mol. The van der Waals surface area contributed by atoms with E-state index in [0.717, 1.165) is 43.7 Å². The van der Waals surface area contributed by atoms with Crippen molar-refractivity contribution >= 4 is 6.16 Å². The van der Waals surface area contributed by atoms with E-state index in [1.807, 2.05) is 4.68 Å². The molecule has 0 spiro atoms. The van der Waals surface area contributed by atoms with Crippen molar-refractivity contribution in [2.24, 2.45) is 0 Å². The summed E-state index contributed by atoms with van der Waals surface area (Å²) in [6.45, 7) is 7.56. The van der Waals surface area contributed by atoms with Crippen LogP contribution in [0.1, 0.15) is 56.8 Å². The van der Waals surface area contributed by atoms with Crippen LogP contribution in [0.15, 0.2) is 0 Å². The molecule has 0 amide bonds. The molecule has 29 heavy (non-hydrogen) atoms. The third-order valence-corrected chi connectivity index (χ3v) is 5.36. The van der Waals surface area contributed by atoms with Gasteiger partial charge in [-0.05, 0) is 33.1 Å². The minimum absolute atomic E-state index is 0.00588. The molecule has 2 fully saturated rings. The molecule has 0 aliphatic carbocycles. The molecule has 0 saturated carbocycles. The summed E-state index contributed by atoms with van der Waals surface area (Å²) in [5.74, 6) is 0.542. The van der Waals surface area contributed by atoms with Crippen LogP contribution in [0, 0.1) is 6.92 Å². The van der Waals surface area contributed by atoms with Gasteiger partial charge in [-0.15, -0.1) is 5.10 Å². The van der Waals surface area contributed by atoms with E-state index in [0.29, 0.717) is 24.8 Å². The largest absolute Gasteiger partial charge is 0.508 e. The van der Waals surface area contributed by atoms with Crippen molar-refractivity contribution in [3.8, 4) is 5.88 Å². The van der Waals surface area contributed by atoms with Crippen molar-refractivity contribution in [2.75, 3.05) is 26.4 Å². The highest BCUT2D eigenvalue weighted by molar-refractivity contribution is 5.59. The maximum atomic E-state index is 11.4. The zero-order chi connectivity index (χ0) is 20.8. The highest BCUT2D eigenvalue weighted by Gasteiger charge is 2.32. The van der Waals surface area contributed by atoms with E-state index in [1.165, 1.54) is 0 Å². The summed E-state index contributed by atoms with van der Waals surface area (Å²) in [4.78, 5) is 11.4. The summed E-state index contributed by atoms with van der Waals surface area (Å²) < 4.78 is 29.3. The van der Waals surface area contributed by atoms with Crippen molar-refractivity contribution in [3.63, 3.8) is 0 Å². The van der Waals surface area contributed by atoms with E-state index in [-0.39, 0.29) is 13.2 Å². The summed E-state index contributed by atoms with van der Waals surface area (Å²) in [6.07, 6.45) is 0.885. The fraction of sp³-hybridized carbons (Fsp3) is 0.800. The van der Waals surface area contributed by atoms with Gasteiger partial charge in [0.15, 0.2) is 0 Å². The molecule has 0 radical (unpaired) electrons. The molecule has 3 atom stereocenters. The molecule has 0 aromatic carbocycles. The van der Waals surface area contributed by atoms with Gasteiger partial charge in [-0.3, -0.25) is 4.68 Å². The van der Waals surface area contributed by atoms with Crippen LogP contribution >= 0.6 is 0 Å². The second-order valence-corrected chi connectivity index (χ2v) is 7.44. The first-order valence-corrected chi connectivity index (χ1v) is 10.5. The van der Waals surface area contributed by atoms with E-state index in [4.69, 9.17) is 28.8 Å². The molecule has 2 saturated heterocycles. The second kappa shape index (κ2) is 10.3.